The summed E-state index contributed by atoms with van der Waals surface area (Å²) in [6.07, 6.45) is -2.83. The van der Waals surface area contributed by atoms with Gasteiger partial charge >= 0.3 is 0 Å². The van der Waals surface area contributed by atoms with E-state index in [1.807, 2.05) is 30.3 Å². The van der Waals surface area contributed by atoms with Gasteiger partial charge in [-0.05, 0) is 0 Å². The maximum absolute atomic E-state index is 11.7. The second-order valence-corrected chi connectivity index (χ2v) is 6.05. The molecular weight excluding hydrogens is 316 g/mol. The Morgan fingerprint density at radius 1 is 0.958 bits per heavy atom. The summed E-state index contributed by atoms with van der Waals surface area (Å²) >= 11 is 0. The van der Waals surface area contributed by atoms with Crippen LogP contribution in [0.5, 0.6) is 0 Å². The van der Waals surface area contributed by atoms with E-state index in [1.54, 1.807) is 0 Å². The Labute approximate surface area is 139 Å². The lowest BCUT2D eigenvalue weighted by Crippen LogP contribution is -2.63. The van der Waals surface area contributed by atoms with Crippen LogP contribution in [0, 0.1) is 0 Å². The van der Waals surface area contributed by atoms with Crippen molar-refractivity contribution in [1.29, 1.82) is 0 Å². The Morgan fingerprint density at radius 2 is 1.71 bits per heavy atom. The zero-order valence-corrected chi connectivity index (χ0v) is 13.3. The lowest BCUT2D eigenvalue weighted by molar-refractivity contribution is -0.363. The molecule has 0 saturated carbocycles. The fraction of sp³-hybridized carbons (Fsp3) is 0.588. The Bertz CT molecular complexity index is 578. The van der Waals surface area contributed by atoms with E-state index in [1.165, 1.54) is 7.11 Å². The van der Waals surface area contributed by atoms with Crippen molar-refractivity contribution in [1.82, 2.24) is 0 Å². The van der Waals surface area contributed by atoms with Crippen LogP contribution in [0.4, 0.5) is 0 Å². The van der Waals surface area contributed by atoms with Crippen molar-refractivity contribution in [2.45, 2.75) is 37.0 Å². The van der Waals surface area contributed by atoms with Crippen molar-refractivity contribution >= 4 is 5.78 Å². The van der Waals surface area contributed by atoms with Crippen molar-refractivity contribution in [2.75, 3.05) is 26.9 Å². The molecule has 1 aromatic carbocycles. The third kappa shape index (κ3) is 2.99. The molecule has 0 N–H and O–H groups in total. The molecule has 0 aromatic heterocycles. The Hall–Kier alpha value is -1.35. The molecule has 130 valence electrons. The van der Waals surface area contributed by atoms with Gasteiger partial charge in [-0.15, -0.1) is 0 Å². The number of rotatable bonds is 2. The summed E-state index contributed by atoms with van der Waals surface area (Å²) in [5.74, 6) is -0.109. The van der Waals surface area contributed by atoms with Crippen LogP contribution in [0.2, 0.25) is 0 Å². The topological polar surface area (TPSA) is 72.5 Å². The number of benzene rings is 1. The van der Waals surface area contributed by atoms with E-state index >= 15 is 0 Å². The van der Waals surface area contributed by atoms with Crippen LogP contribution in [0.3, 0.4) is 0 Å². The smallest absolute Gasteiger partial charge is 0.186 e. The largest absolute Gasteiger partial charge is 0.365 e. The second kappa shape index (κ2) is 6.87. The molecule has 7 nitrogen and oxygen atoms in total. The monoisotopic (exact) mass is 336 g/mol. The molecule has 0 unspecified atom stereocenters. The van der Waals surface area contributed by atoms with Crippen LogP contribution in [-0.4, -0.2) is 63.4 Å². The molecule has 6 atom stereocenters. The predicted molar refractivity (Wildman–Crippen MR) is 80.2 cm³/mol. The van der Waals surface area contributed by atoms with Gasteiger partial charge in [-0.3, -0.25) is 4.79 Å². The maximum Gasteiger partial charge on any atom is 0.186 e. The Balaban J connectivity index is 1.57. The molecule has 0 radical (unpaired) electrons. The van der Waals surface area contributed by atoms with Crippen LogP contribution in [0.1, 0.15) is 11.9 Å². The van der Waals surface area contributed by atoms with Gasteiger partial charge in [-0.2, -0.15) is 0 Å². The number of hydrogen-bond donors (Lipinski definition) is 0. The molecule has 7 heteroatoms. The number of ether oxygens (including phenoxy) is 6. The highest BCUT2D eigenvalue weighted by Gasteiger charge is 2.52. The number of hydrogen-bond acceptors (Lipinski definition) is 7. The first-order valence-electron chi connectivity index (χ1n) is 8.01. The zero-order valence-electron chi connectivity index (χ0n) is 13.3. The first-order chi connectivity index (χ1) is 11.8. The van der Waals surface area contributed by atoms with Crippen LogP contribution < -0.4 is 0 Å². The van der Waals surface area contributed by atoms with Gasteiger partial charge < -0.3 is 28.4 Å². The van der Waals surface area contributed by atoms with Gasteiger partial charge in [-0.1, -0.05) is 30.3 Å². The summed E-state index contributed by atoms with van der Waals surface area (Å²) in [6, 6.07) is 9.68. The molecule has 0 spiro atoms. The number of fused-ring (bicyclic) bond motifs is 3. The molecule has 3 saturated heterocycles. The Morgan fingerprint density at radius 3 is 2.46 bits per heavy atom. The molecule has 24 heavy (non-hydrogen) atoms. The van der Waals surface area contributed by atoms with E-state index < -0.39 is 30.9 Å². The highest BCUT2D eigenvalue weighted by atomic mass is 16.8. The van der Waals surface area contributed by atoms with E-state index in [-0.39, 0.29) is 25.1 Å². The third-order valence-corrected chi connectivity index (χ3v) is 4.46. The lowest BCUT2D eigenvalue weighted by Gasteiger charge is -2.47. The molecule has 3 aliphatic rings. The molecule has 3 aliphatic heterocycles. The average molecular weight is 336 g/mol. The van der Waals surface area contributed by atoms with Gasteiger partial charge in [-0.25, -0.2) is 0 Å². The fourth-order valence-electron chi connectivity index (χ4n) is 3.30. The van der Waals surface area contributed by atoms with Gasteiger partial charge in [0.2, 0.25) is 0 Å². The maximum atomic E-state index is 11.7. The zero-order chi connectivity index (χ0) is 16.5. The van der Waals surface area contributed by atoms with Crippen molar-refractivity contribution in [3.8, 4) is 0 Å². The first-order valence-corrected chi connectivity index (χ1v) is 8.01. The first kappa shape index (κ1) is 16.1. The van der Waals surface area contributed by atoms with Crippen LogP contribution in [-0.2, 0) is 33.2 Å². The molecule has 1 aromatic rings. The van der Waals surface area contributed by atoms with Crippen molar-refractivity contribution in [2.24, 2.45) is 0 Å². The van der Waals surface area contributed by atoms with Gasteiger partial charge in [0, 0.05) is 12.7 Å². The number of carbonyl (C=O) groups excluding carboxylic acids is 1. The summed E-state index contributed by atoms with van der Waals surface area (Å²) in [6.45, 7) is 0.339. The highest BCUT2D eigenvalue weighted by molar-refractivity contribution is 5.81. The highest BCUT2D eigenvalue weighted by Crippen LogP contribution is 2.36. The minimum Gasteiger partial charge on any atom is -0.365 e. The quantitative estimate of drug-likeness (QED) is 0.792. The normalized spacial score (nSPS) is 39.6. The van der Waals surface area contributed by atoms with Crippen LogP contribution in [0.25, 0.3) is 0 Å². The number of Topliss-reactive ketones (excluding diaryl/α,β-unsaturated/α-hetero) is 1. The standard InChI is InChI=1S/C17H20O7/c1-19-17-15-14(20-7-11(18)8-21-15)13-12(23-17)9-22-16(24-13)10-5-3-2-4-6-10/h2-6,12-17H,7-9H2,1H3/t12-,13-,14+,15-,16-,17-/m1/s1. The molecule has 0 amide bonds. The summed E-state index contributed by atoms with van der Waals surface area (Å²) in [4.78, 5) is 11.7. The molecule has 3 heterocycles. The molecule has 3 fully saturated rings. The summed E-state index contributed by atoms with van der Waals surface area (Å²) in [7, 11) is 1.54. The third-order valence-electron chi connectivity index (χ3n) is 4.46. The lowest BCUT2D eigenvalue weighted by atomic mass is 9.97. The SMILES string of the molecule is CO[C@@H]1O[C@@H]2CO[C@@H](c3ccccc3)O[C@H]2[C@@H]2OCC(=O)CO[C@@H]12. The molecule has 0 bridgehead atoms. The number of carbonyl (C=O) groups is 1. The molecule has 0 aliphatic carbocycles. The Kier molecular flexibility index (Phi) is 4.62. The molecule has 4 rings (SSSR count). The van der Waals surface area contributed by atoms with Crippen molar-refractivity contribution in [3.63, 3.8) is 0 Å². The van der Waals surface area contributed by atoms with Gasteiger partial charge in [0.15, 0.2) is 18.4 Å². The van der Waals surface area contributed by atoms with E-state index in [0.717, 1.165) is 5.56 Å². The fourth-order valence-corrected chi connectivity index (χ4v) is 3.30. The van der Waals surface area contributed by atoms with Crippen LogP contribution in [0.15, 0.2) is 30.3 Å². The minimum atomic E-state index is -0.623. The van der Waals surface area contributed by atoms with Gasteiger partial charge in [0.1, 0.15) is 37.6 Å². The summed E-state index contributed by atoms with van der Waals surface area (Å²) in [5.41, 5.74) is 0.923. The second-order valence-electron chi connectivity index (χ2n) is 6.05. The number of methoxy groups -OCH3 is 1. The molecular formula is C17H20O7. The van der Waals surface area contributed by atoms with Crippen LogP contribution >= 0.6 is 0 Å². The summed E-state index contributed by atoms with van der Waals surface area (Å²) in [5, 5.41) is 0. The van der Waals surface area contributed by atoms with Gasteiger partial charge in [0.25, 0.3) is 0 Å². The predicted octanol–water partition coefficient (Wildman–Crippen LogP) is 0.825. The van der Waals surface area contributed by atoms with E-state index in [0.29, 0.717) is 6.61 Å². The van der Waals surface area contributed by atoms with E-state index in [2.05, 4.69) is 0 Å². The van der Waals surface area contributed by atoms with E-state index in [9.17, 15) is 4.79 Å². The van der Waals surface area contributed by atoms with Crippen molar-refractivity contribution < 1.29 is 33.2 Å². The van der Waals surface area contributed by atoms with E-state index in [4.69, 9.17) is 28.4 Å². The van der Waals surface area contributed by atoms with Crippen molar-refractivity contribution in [3.05, 3.63) is 35.9 Å². The summed E-state index contributed by atoms with van der Waals surface area (Å²) < 4.78 is 34.6. The number of ketones is 1. The van der Waals surface area contributed by atoms with Gasteiger partial charge in [0.05, 0.1) is 6.61 Å². The minimum absolute atomic E-state index is 0.00103. The average Bonchev–Trinajstić information content (AvgIpc) is 2.83.